The molecule has 5 nitrogen and oxygen atoms in total. The number of carbonyl (C=O) groups is 2. The van der Waals surface area contributed by atoms with E-state index in [0.717, 1.165) is 19.3 Å². The van der Waals surface area contributed by atoms with Crippen LogP contribution in [-0.2, 0) is 4.79 Å². The summed E-state index contributed by atoms with van der Waals surface area (Å²) >= 11 is 0. The van der Waals surface area contributed by atoms with E-state index in [1.165, 1.54) is 6.07 Å². The van der Waals surface area contributed by atoms with Crippen molar-refractivity contribution in [3.05, 3.63) is 29.8 Å². The Morgan fingerprint density at radius 3 is 2.60 bits per heavy atom. The van der Waals surface area contributed by atoms with E-state index < -0.39 is 5.97 Å². The van der Waals surface area contributed by atoms with Crippen LogP contribution in [-0.4, -0.2) is 23.5 Å². The van der Waals surface area contributed by atoms with Gasteiger partial charge in [0.25, 0.3) is 0 Å². The van der Waals surface area contributed by atoms with Crippen molar-refractivity contribution in [1.29, 1.82) is 0 Å². The number of anilines is 1. The van der Waals surface area contributed by atoms with Gasteiger partial charge in [-0.1, -0.05) is 25.5 Å². The number of nitrogens with two attached hydrogens (primary N) is 1. The van der Waals surface area contributed by atoms with Gasteiger partial charge in [0.05, 0.1) is 11.3 Å². The van der Waals surface area contributed by atoms with Gasteiger partial charge in [0, 0.05) is 6.42 Å². The van der Waals surface area contributed by atoms with Gasteiger partial charge in [-0.25, -0.2) is 4.79 Å². The molecule has 20 heavy (non-hydrogen) atoms. The number of carbonyl (C=O) groups excluding carboxylic acids is 1. The summed E-state index contributed by atoms with van der Waals surface area (Å²) in [6, 6.07) is 6.40. The van der Waals surface area contributed by atoms with Crippen molar-refractivity contribution in [3.8, 4) is 0 Å². The van der Waals surface area contributed by atoms with Crippen molar-refractivity contribution in [1.82, 2.24) is 0 Å². The molecular weight excluding hydrogens is 256 g/mol. The highest BCUT2D eigenvalue weighted by molar-refractivity contribution is 6.00. The number of hydrogen-bond acceptors (Lipinski definition) is 3. The monoisotopic (exact) mass is 278 g/mol. The second-order valence-electron chi connectivity index (χ2n) is 4.79. The summed E-state index contributed by atoms with van der Waals surface area (Å²) in [6.45, 7) is 2.71. The SMILES string of the molecule is CCC(CCN)CCC(=O)Nc1ccccc1C(=O)O. The first-order valence-corrected chi connectivity index (χ1v) is 6.90. The zero-order chi connectivity index (χ0) is 15.0. The molecule has 110 valence electrons. The van der Waals surface area contributed by atoms with Crippen LogP contribution >= 0.6 is 0 Å². The van der Waals surface area contributed by atoms with Crippen LogP contribution in [0, 0.1) is 5.92 Å². The topological polar surface area (TPSA) is 92.4 Å². The lowest BCUT2D eigenvalue weighted by Gasteiger charge is -2.13. The highest BCUT2D eigenvalue weighted by Gasteiger charge is 2.13. The van der Waals surface area contributed by atoms with E-state index in [1.807, 2.05) is 0 Å². The van der Waals surface area contributed by atoms with Crippen molar-refractivity contribution >= 4 is 17.6 Å². The van der Waals surface area contributed by atoms with Crippen molar-refractivity contribution in [2.24, 2.45) is 11.7 Å². The number of hydrogen-bond donors (Lipinski definition) is 3. The van der Waals surface area contributed by atoms with Crippen molar-refractivity contribution in [2.45, 2.75) is 32.6 Å². The summed E-state index contributed by atoms with van der Waals surface area (Å²) in [5, 5.41) is 11.7. The number of carboxylic acids is 1. The third-order valence-corrected chi connectivity index (χ3v) is 3.36. The lowest BCUT2D eigenvalue weighted by atomic mass is 9.96. The summed E-state index contributed by atoms with van der Waals surface area (Å²) < 4.78 is 0. The average Bonchev–Trinajstić information content (AvgIpc) is 2.43. The summed E-state index contributed by atoms with van der Waals surface area (Å²) in [5.41, 5.74) is 5.97. The molecule has 4 N–H and O–H groups in total. The van der Waals surface area contributed by atoms with Gasteiger partial charge >= 0.3 is 5.97 Å². The standard InChI is InChI=1S/C15H22N2O3/c1-2-11(9-10-16)7-8-14(18)17-13-6-4-3-5-12(13)15(19)20/h3-6,11H,2,7-10,16H2,1H3,(H,17,18)(H,19,20). The smallest absolute Gasteiger partial charge is 0.337 e. The van der Waals surface area contributed by atoms with Gasteiger partial charge in [0.1, 0.15) is 0 Å². The molecule has 0 saturated heterocycles. The van der Waals surface area contributed by atoms with Gasteiger partial charge in [0.2, 0.25) is 5.91 Å². The fraction of sp³-hybridized carbons (Fsp3) is 0.467. The molecule has 1 rings (SSSR count). The van der Waals surface area contributed by atoms with E-state index in [9.17, 15) is 9.59 Å². The summed E-state index contributed by atoms with van der Waals surface area (Å²) in [6.07, 6.45) is 3.06. The molecule has 0 spiro atoms. The maximum absolute atomic E-state index is 11.9. The third-order valence-electron chi connectivity index (χ3n) is 3.36. The van der Waals surface area contributed by atoms with E-state index in [4.69, 9.17) is 10.8 Å². The second kappa shape index (κ2) is 8.32. The first kappa shape index (κ1) is 16.2. The number of rotatable bonds is 8. The first-order chi connectivity index (χ1) is 9.58. The number of carboxylic acid groups (broad SMARTS) is 1. The van der Waals surface area contributed by atoms with Crippen molar-refractivity contribution in [2.75, 3.05) is 11.9 Å². The Morgan fingerprint density at radius 1 is 1.30 bits per heavy atom. The lowest BCUT2D eigenvalue weighted by molar-refractivity contribution is -0.116. The Kier molecular flexibility index (Phi) is 6.73. The molecule has 0 bridgehead atoms. The maximum atomic E-state index is 11.9. The van der Waals surface area contributed by atoms with Gasteiger partial charge < -0.3 is 16.2 Å². The predicted octanol–water partition coefficient (Wildman–Crippen LogP) is 2.48. The zero-order valence-corrected chi connectivity index (χ0v) is 11.8. The molecule has 0 aliphatic rings. The maximum Gasteiger partial charge on any atom is 0.337 e. The summed E-state index contributed by atoms with van der Waals surface area (Å²) in [4.78, 5) is 22.9. The van der Waals surface area contributed by atoms with Gasteiger partial charge in [-0.2, -0.15) is 0 Å². The molecule has 0 fully saturated rings. The van der Waals surface area contributed by atoms with E-state index >= 15 is 0 Å². The molecule has 0 aliphatic carbocycles. The average molecular weight is 278 g/mol. The van der Waals surface area contributed by atoms with Crippen LogP contribution in [0.25, 0.3) is 0 Å². The highest BCUT2D eigenvalue weighted by atomic mass is 16.4. The molecule has 1 atom stereocenters. The fourth-order valence-corrected chi connectivity index (χ4v) is 2.11. The van der Waals surface area contributed by atoms with Gasteiger partial charge in [0.15, 0.2) is 0 Å². The van der Waals surface area contributed by atoms with Crippen LogP contribution in [0.5, 0.6) is 0 Å². The lowest BCUT2D eigenvalue weighted by Crippen LogP contribution is -2.16. The molecular formula is C15H22N2O3. The molecule has 1 amide bonds. The van der Waals surface area contributed by atoms with Crippen LogP contribution in [0.1, 0.15) is 43.0 Å². The van der Waals surface area contributed by atoms with Crippen LogP contribution in [0.15, 0.2) is 24.3 Å². The largest absolute Gasteiger partial charge is 0.478 e. The Hall–Kier alpha value is -1.88. The summed E-state index contributed by atoms with van der Waals surface area (Å²) in [5.74, 6) is -0.759. The molecule has 1 unspecified atom stereocenters. The second-order valence-corrected chi connectivity index (χ2v) is 4.79. The van der Waals surface area contributed by atoms with E-state index in [-0.39, 0.29) is 11.5 Å². The van der Waals surface area contributed by atoms with Gasteiger partial charge in [-0.3, -0.25) is 4.79 Å². The zero-order valence-electron chi connectivity index (χ0n) is 11.8. The molecule has 0 radical (unpaired) electrons. The van der Waals surface area contributed by atoms with Crippen molar-refractivity contribution in [3.63, 3.8) is 0 Å². The van der Waals surface area contributed by atoms with Gasteiger partial charge in [-0.15, -0.1) is 0 Å². The number of nitrogens with one attached hydrogen (secondary N) is 1. The van der Waals surface area contributed by atoms with Crippen LogP contribution in [0.3, 0.4) is 0 Å². The number of aromatic carboxylic acids is 1. The molecule has 0 aromatic heterocycles. The van der Waals surface area contributed by atoms with Gasteiger partial charge in [-0.05, 0) is 37.4 Å². The quantitative estimate of drug-likeness (QED) is 0.681. The van der Waals surface area contributed by atoms with Crippen LogP contribution in [0.4, 0.5) is 5.69 Å². The normalized spacial score (nSPS) is 11.9. The number of para-hydroxylation sites is 1. The molecule has 1 aromatic rings. The third kappa shape index (κ3) is 5.01. The minimum atomic E-state index is -1.05. The predicted molar refractivity (Wildman–Crippen MR) is 78.7 cm³/mol. The number of benzene rings is 1. The molecule has 0 saturated carbocycles. The van der Waals surface area contributed by atoms with E-state index in [1.54, 1.807) is 18.2 Å². The highest BCUT2D eigenvalue weighted by Crippen LogP contribution is 2.18. The first-order valence-electron chi connectivity index (χ1n) is 6.90. The fourth-order valence-electron chi connectivity index (χ4n) is 2.11. The van der Waals surface area contributed by atoms with E-state index in [0.29, 0.717) is 24.6 Å². The van der Waals surface area contributed by atoms with Crippen LogP contribution < -0.4 is 11.1 Å². The Labute approximate surface area is 119 Å². The van der Waals surface area contributed by atoms with Crippen LogP contribution in [0.2, 0.25) is 0 Å². The molecule has 0 aliphatic heterocycles. The summed E-state index contributed by atoms with van der Waals surface area (Å²) in [7, 11) is 0. The molecule has 1 aromatic carbocycles. The van der Waals surface area contributed by atoms with Crippen molar-refractivity contribution < 1.29 is 14.7 Å². The number of amides is 1. The molecule has 5 heteroatoms. The molecule has 0 heterocycles. The minimum absolute atomic E-state index is 0.106. The Balaban J connectivity index is 2.56. The Morgan fingerprint density at radius 2 is 2.00 bits per heavy atom. The minimum Gasteiger partial charge on any atom is -0.478 e. The van der Waals surface area contributed by atoms with E-state index in [2.05, 4.69) is 12.2 Å². The Bertz CT molecular complexity index is 460.